The number of hydrogen-bond acceptors (Lipinski definition) is 2. The van der Waals surface area contributed by atoms with Crippen LogP contribution in [0.3, 0.4) is 0 Å². The van der Waals surface area contributed by atoms with Gasteiger partial charge in [-0.2, -0.15) is 0 Å². The molecule has 0 atom stereocenters. The third-order valence-electron chi connectivity index (χ3n) is 4.08. The lowest BCUT2D eigenvalue weighted by atomic mass is 9.85. The summed E-state index contributed by atoms with van der Waals surface area (Å²) in [6, 6.07) is 0. The summed E-state index contributed by atoms with van der Waals surface area (Å²) in [7, 11) is 2.23. The molecule has 2 saturated heterocycles. The van der Waals surface area contributed by atoms with Crippen molar-refractivity contribution in [3.63, 3.8) is 0 Å². The minimum atomic E-state index is 0.237. The van der Waals surface area contributed by atoms with E-state index in [9.17, 15) is 4.79 Å². The molecule has 2 rings (SSSR count). The lowest BCUT2D eigenvalue weighted by Crippen LogP contribution is -2.51. The zero-order chi connectivity index (χ0) is 10.2. The van der Waals surface area contributed by atoms with Crippen LogP contribution in [0.2, 0.25) is 0 Å². The number of piperidine rings is 1. The highest BCUT2D eigenvalue weighted by Gasteiger charge is 2.41. The van der Waals surface area contributed by atoms with Gasteiger partial charge in [-0.3, -0.25) is 4.79 Å². The summed E-state index contributed by atoms with van der Waals surface area (Å²) in [5, 5.41) is 0. The van der Waals surface area contributed by atoms with Crippen LogP contribution in [-0.4, -0.2) is 47.9 Å². The number of carbonyl (C=O) groups excluding carboxylic acids is 1. The topological polar surface area (TPSA) is 23.6 Å². The first-order valence-electron chi connectivity index (χ1n) is 5.61. The van der Waals surface area contributed by atoms with Crippen molar-refractivity contribution in [3.8, 4) is 0 Å². The van der Waals surface area contributed by atoms with Gasteiger partial charge in [-0.1, -0.05) is 0 Å². The molecule has 2 aliphatic heterocycles. The van der Waals surface area contributed by atoms with E-state index in [0.717, 1.165) is 13.1 Å². The summed E-state index contributed by atoms with van der Waals surface area (Å²) >= 11 is 0. The van der Waals surface area contributed by atoms with E-state index in [4.69, 9.17) is 0 Å². The lowest BCUT2D eigenvalue weighted by molar-refractivity contribution is -0.131. The largest absolute Gasteiger partial charge is 0.343 e. The Hall–Kier alpha value is -0.570. The van der Waals surface area contributed by atoms with E-state index in [-0.39, 0.29) is 5.91 Å². The molecular weight excluding hydrogens is 176 g/mol. The Morgan fingerprint density at radius 1 is 1.14 bits per heavy atom. The SMILES string of the molecule is CC(=O)N1CCC2(CCCN2C)CC1. The maximum absolute atomic E-state index is 11.2. The van der Waals surface area contributed by atoms with Crippen LogP contribution < -0.4 is 0 Å². The van der Waals surface area contributed by atoms with Crippen molar-refractivity contribution < 1.29 is 4.79 Å². The first-order valence-corrected chi connectivity index (χ1v) is 5.61. The molecule has 2 aliphatic rings. The van der Waals surface area contributed by atoms with Gasteiger partial charge in [0.15, 0.2) is 0 Å². The average molecular weight is 196 g/mol. The van der Waals surface area contributed by atoms with Gasteiger partial charge in [0.05, 0.1) is 0 Å². The van der Waals surface area contributed by atoms with Crippen molar-refractivity contribution in [1.82, 2.24) is 9.80 Å². The van der Waals surface area contributed by atoms with Crippen molar-refractivity contribution in [1.29, 1.82) is 0 Å². The standard InChI is InChI=1S/C11H20N2O/c1-10(14)13-8-5-11(6-9-13)4-3-7-12(11)2/h3-9H2,1-2H3. The smallest absolute Gasteiger partial charge is 0.219 e. The molecule has 0 unspecified atom stereocenters. The average Bonchev–Trinajstić information content (AvgIpc) is 2.49. The summed E-state index contributed by atoms with van der Waals surface area (Å²) in [5.41, 5.74) is 0.436. The molecule has 2 heterocycles. The number of likely N-dealkylation sites (tertiary alicyclic amines) is 2. The van der Waals surface area contributed by atoms with E-state index in [1.165, 1.54) is 32.2 Å². The highest BCUT2D eigenvalue weighted by Crippen LogP contribution is 2.36. The lowest BCUT2D eigenvalue weighted by Gasteiger charge is -2.43. The van der Waals surface area contributed by atoms with E-state index >= 15 is 0 Å². The van der Waals surface area contributed by atoms with Crippen LogP contribution in [-0.2, 0) is 4.79 Å². The van der Waals surface area contributed by atoms with Crippen LogP contribution in [0.5, 0.6) is 0 Å². The first-order chi connectivity index (χ1) is 6.64. The van der Waals surface area contributed by atoms with E-state index in [1.807, 2.05) is 4.90 Å². The molecule has 3 nitrogen and oxygen atoms in total. The van der Waals surface area contributed by atoms with Crippen LogP contribution in [0.15, 0.2) is 0 Å². The van der Waals surface area contributed by atoms with Gasteiger partial charge >= 0.3 is 0 Å². The van der Waals surface area contributed by atoms with Gasteiger partial charge in [0.25, 0.3) is 0 Å². The number of rotatable bonds is 0. The third kappa shape index (κ3) is 1.54. The van der Waals surface area contributed by atoms with Crippen LogP contribution >= 0.6 is 0 Å². The second-order valence-corrected chi connectivity index (χ2v) is 4.76. The summed E-state index contributed by atoms with van der Waals surface area (Å²) in [6.45, 7) is 4.83. The van der Waals surface area contributed by atoms with Gasteiger partial charge in [-0.25, -0.2) is 0 Å². The fourth-order valence-electron chi connectivity index (χ4n) is 2.94. The fraction of sp³-hybridized carbons (Fsp3) is 0.909. The summed E-state index contributed by atoms with van der Waals surface area (Å²) < 4.78 is 0. The highest BCUT2D eigenvalue weighted by molar-refractivity contribution is 5.73. The van der Waals surface area contributed by atoms with Crippen LogP contribution in [0.4, 0.5) is 0 Å². The Kier molecular flexibility index (Phi) is 2.52. The van der Waals surface area contributed by atoms with Crippen LogP contribution in [0.25, 0.3) is 0 Å². The number of nitrogens with zero attached hydrogens (tertiary/aromatic N) is 2. The van der Waals surface area contributed by atoms with Crippen molar-refractivity contribution in [2.45, 2.75) is 38.1 Å². The van der Waals surface area contributed by atoms with Crippen LogP contribution in [0.1, 0.15) is 32.6 Å². The fourth-order valence-corrected chi connectivity index (χ4v) is 2.94. The van der Waals surface area contributed by atoms with E-state index in [0.29, 0.717) is 5.54 Å². The molecule has 1 spiro atoms. The van der Waals surface area contributed by atoms with E-state index in [1.54, 1.807) is 6.92 Å². The molecule has 2 fully saturated rings. The van der Waals surface area contributed by atoms with Crippen molar-refractivity contribution in [2.75, 3.05) is 26.7 Å². The third-order valence-corrected chi connectivity index (χ3v) is 4.08. The van der Waals surface area contributed by atoms with Crippen LogP contribution in [0, 0.1) is 0 Å². The Morgan fingerprint density at radius 2 is 1.79 bits per heavy atom. The van der Waals surface area contributed by atoms with Gasteiger partial charge in [0, 0.05) is 25.6 Å². The van der Waals surface area contributed by atoms with Crippen molar-refractivity contribution >= 4 is 5.91 Å². The minimum absolute atomic E-state index is 0.237. The maximum Gasteiger partial charge on any atom is 0.219 e. The number of amides is 1. The Labute approximate surface area is 86.1 Å². The zero-order valence-corrected chi connectivity index (χ0v) is 9.25. The molecule has 0 aromatic heterocycles. The van der Waals surface area contributed by atoms with Crippen molar-refractivity contribution in [2.24, 2.45) is 0 Å². The summed E-state index contributed by atoms with van der Waals surface area (Å²) in [5.74, 6) is 0.237. The van der Waals surface area contributed by atoms with Gasteiger partial charge < -0.3 is 9.80 Å². The molecule has 1 amide bonds. The molecule has 0 bridgehead atoms. The van der Waals surface area contributed by atoms with Gasteiger partial charge in [0.2, 0.25) is 5.91 Å². The predicted molar refractivity (Wildman–Crippen MR) is 56.1 cm³/mol. The second-order valence-electron chi connectivity index (χ2n) is 4.76. The molecule has 0 N–H and O–H groups in total. The summed E-state index contributed by atoms with van der Waals surface area (Å²) in [4.78, 5) is 15.7. The van der Waals surface area contributed by atoms with Crippen molar-refractivity contribution in [3.05, 3.63) is 0 Å². The Morgan fingerprint density at radius 3 is 2.21 bits per heavy atom. The number of carbonyl (C=O) groups is 1. The Bertz CT molecular complexity index is 231. The van der Waals surface area contributed by atoms with Gasteiger partial charge in [-0.05, 0) is 39.3 Å². The molecule has 3 heteroatoms. The summed E-state index contributed by atoms with van der Waals surface area (Å²) in [6.07, 6.45) is 5.00. The highest BCUT2D eigenvalue weighted by atomic mass is 16.2. The monoisotopic (exact) mass is 196 g/mol. The Balaban J connectivity index is 1.98. The van der Waals surface area contributed by atoms with Gasteiger partial charge in [0.1, 0.15) is 0 Å². The quantitative estimate of drug-likeness (QED) is 0.579. The molecule has 0 saturated carbocycles. The molecule has 14 heavy (non-hydrogen) atoms. The zero-order valence-electron chi connectivity index (χ0n) is 9.25. The maximum atomic E-state index is 11.2. The molecule has 80 valence electrons. The first kappa shape index (κ1) is 9.97. The molecule has 0 aromatic rings. The van der Waals surface area contributed by atoms with Gasteiger partial charge in [-0.15, -0.1) is 0 Å². The molecular formula is C11H20N2O. The molecule has 0 aliphatic carbocycles. The minimum Gasteiger partial charge on any atom is -0.343 e. The molecule has 0 radical (unpaired) electrons. The predicted octanol–water partition coefficient (Wildman–Crippen LogP) is 1.09. The van der Waals surface area contributed by atoms with E-state index < -0.39 is 0 Å². The van der Waals surface area contributed by atoms with E-state index in [2.05, 4.69) is 11.9 Å². The normalized spacial score (nSPS) is 27.1. The second kappa shape index (κ2) is 3.54. The number of hydrogen-bond donors (Lipinski definition) is 0. The molecule has 0 aromatic carbocycles.